The minimum Gasteiger partial charge on any atom is -0.335 e. The number of nitrogens with two attached hydrogens (primary N) is 1. The van der Waals surface area contributed by atoms with E-state index in [4.69, 9.17) is 5.84 Å². The fourth-order valence-electron chi connectivity index (χ4n) is 1.48. The van der Waals surface area contributed by atoms with Crippen LogP contribution in [0.5, 0.6) is 0 Å². The summed E-state index contributed by atoms with van der Waals surface area (Å²) in [7, 11) is 0. The van der Waals surface area contributed by atoms with Crippen molar-refractivity contribution in [3.8, 4) is 0 Å². The van der Waals surface area contributed by atoms with Gasteiger partial charge in [-0.3, -0.25) is 0 Å². The average molecular weight is 288 g/mol. The van der Waals surface area contributed by atoms with E-state index in [0.717, 1.165) is 22.9 Å². The molecule has 1 heterocycles. The van der Waals surface area contributed by atoms with Crippen molar-refractivity contribution in [3.05, 3.63) is 41.2 Å². The molecule has 0 fully saturated rings. The van der Waals surface area contributed by atoms with Gasteiger partial charge in [0.25, 0.3) is 5.82 Å². The van der Waals surface area contributed by atoms with Gasteiger partial charge < -0.3 is 5.84 Å². The maximum Gasteiger partial charge on any atom is 0.453 e. The minimum absolute atomic E-state index is 0.0376. The Morgan fingerprint density at radius 3 is 2.53 bits per heavy atom. The van der Waals surface area contributed by atoms with Crippen LogP contribution in [0.2, 0.25) is 0 Å². The number of aromatic nitrogens is 3. The quantitative estimate of drug-likeness (QED) is 0.696. The Balaban J connectivity index is 2.13. The Morgan fingerprint density at radius 2 is 1.95 bits per heavy atom. The van der Waals surface area contributed by atoms with Crippen molar-refractivity contribution in [2.75, 3.05) is 5.84 Å². The summed E-state index contributed by atoms with van der Waals surface area (Å²) >= 11 is 1.12. The summed E-state index contributed by atoms with van der Waals surface area (Å²) in [5.74, 6) is 4.63. The molecule has 102 valence electrons. The zero-order valence-electron chi connectivity index (χ0n) is 9.98. The van der Waals surface area contributed by atoms with E-state index in [1.807, 2.05) is 31.2 Å². The van der Waals surface area contributed by atoms with Gasteiger partial charge in [0, 0.05) is 5.75 Å². The van der Waals surface area contributed by atoms with Crippen molar-refractivity contribution in [3.63, 3.8) is 0 Å². The third-order valence-electron chi connectivity index (χ3n) is 2.54. The highest BCUT2D eigenvalue weighted by Gasteiger charge is 2.38. The first-order valence-corrected chi connectivity index (χ1v) is 6.33. The van der Waals surface area contributed by atoms with Crippen LogP contribution in [0.15, 0.2) is 29.4 Å². The van der Waals surface area contributed by atoms with Gasteiger partial charge in [-0.15, -0.1) is 10.2 Å². The van der Waals surface area contributed by atoms with Crippen molar-refractivity contribution in [2.24, 2.45) is 0 Å². The minimum atomic E-state index is -4.59. The predicted octanol–water partition coefficient (Wildman–Crippen LogP) is 2.61. The van der Waals surface area contributed by atoms with E-state index in [1.54, 1.807) is 0 Å². The standard InChI is InChI=1S/C11H11F3N4S/c1-7-4-2-3-5-8(7)6-19-10-17-16-9(18(10)15)11(12,13)14/h2-5H,6,15H2,1H3. The van der Waals surface area contributed by atoms with Crippen molar-refractivity contribution < 1.29 is 13.2 Å². The monoisotopic (exact) mass is 288 g/mol. The number of rotatable bonds is 3. The molecule has 4 nitrogen and oxygen atoms in total. The first-order chi connectivity index (χ1) is 8.89. The molecule has 2 N–H and O–H groups in total. The van der Waals surface area contributed by atoms with Gasteiger partial charge in [-0.2, -0.15) is 13.2 Å². The molecule has 0 saturated heterocycles. The number of alkyl halides is 3. The number of halogens is 3. The average Bonchev–Trinajstić information content (AvgIpc) is 2.69. The second kappa shape index (κ2) is 5.12. The first-order valence-electron chi connectivity index (χ1n) is 5.34. The van der Waals surface area contributed by atoms with Gasteiger partial charge >= 0.3 is 6.18 Å². The van der Waals surface area contributed by atoms with Crippen LogP contribution in [-0.2, 0) is 11.9 Å². The second-order valence-corrected chi connectivity index (χ2v) is 4.83. The van der Waals surface area contributed by atoms with Crippen LogP contribution in [0.3, 0.4) is 0 Å². The van der Waals surface area contributed by atoms with E-state index in [0.29, 0.717) is 10.4 Å². The van der Waals surface area contributed by atoms with Crippen LogP contribution in [0.25, 0.3) is 0 Å². The van der Waals surface area contributed by atoms with E-state index in [2.05, 4.69) is 10.2 Å². The molecule has 0 radical (unpaired) electrons. The lowest BCUT2D eigenvalue weighted by molar-refractivity contribution is -0.146. The van der Waals surface area contributed by atoms with Crippen LogP contribution in [0.4, 0.5) is 13.2 Å². The Labute approximate surface area is 111 Å². The Bertz CT molecular complexity index is 580. The SMILES string of the molecule is Cc1ccccc1CSc1nnc(C(F)(F)F)n1N. The van der Waals surface area contributed by atoms with E-state index >= 15 is 0 Å². The third-order valence-corrected chi connectivity index (χ3v) is 3.53. The van der Waals surface area contributed by atoms with Gasteiger partial charge in [-0.1, -0.05) is 36.0 Å². The Kier molecular flexibility index (Phi) is 3.70. The number of hydrogen-bond donors (Lipinski definition) is 1. The molecule has 2 rings (SSSR count). The van der Waals surface area contributed by atoms with E-state index < -0.39 is 12.0 Å². The van der Waals surface area contributed by atoms with Gasteiger partial charge in [0.1, 0.15) is 0 Å². The topological polar surface area (TPSA) is 56.7 Å². The summed E-state index contributed by atoms with van der Waals surface area (Å²) in [6.07, 6.45) is -4.59. The van der Waals surface area contributed by atoms with Gasteiger partial charge in [0.2, 0.25) is 5.16 Å². The van der Waals surface area contributed by atoms with Crippen LogP contribution in [0.1, 0.15) is 17.0 Å². The molecule has 19 heavy (non-hydrogen) atoms. The molecule has 0 aliphatic rings. The van der Waals surface area contributed by atoms with E-state index in [9.17, 15) is 13.2 Å². The molecule has 2 aromatic rings. The summed E-state index contributed by atoms with van der Waals surface area (Å²) in [5, 5.41) is 6.56. The van der Waals surface area contributed by atoms with Crippen LogP contribution in [0, 0.1) is 6.92 Å². The third kappa shape index (κ3) is 3.01. The molecule has 0 saturated carbocycles. The molecule has 0 bridgehead atoms. The molecule has 1 aromatic heterocycles. The number of aryl methyl sites for hydroxylation is 1. The fraction of sp³-hybridized carbons (Fsp3) is 0.273. The molecular formula is C11H11F3N4S. The zero-order valence-corrected chi connectivity index (χ0v) is 10.8. The number of nitrogen functional groups attached to an aromatic ring is 1. The number of thioether (sulfide) groups is 1. The molecule has 1 aromatic carbocycles. The van der Waals surface area contributed by atoms with Crippen molar-refractivity contribution in [1.82, 2.24) is 14.9 Å². The Morgan fingerprint density at radius 1 is 1.26 bits per heavy atom. The highest BCUT2D eigenvalue weighted by Crippen LogP contribution is 2.30. The molecule has 0 spiro atoms. The van der Waals surface area contributed by atoms with Crippen LogP contribution in [-0.4, -0.2) is 14.9 Å². The van der Waals surface area contributed by atoms with Gasteiger partial charge in [-0.25, -0.2) is 4.68 Å². The summed E-state index contributed by atoms with van der Waals surface area (Å²) < 4.78 is 37.9. The summed E-state index contributed by atoms with van der Waals surface area (Å²) in [6.45, 7) is 1.93. The summed E-state index contributed by atoms with van der Waals surface area (Å²) in [5.41, 5.74) is 2.08. The molecule has 0 aliphatic carbocycles. The maximum absolute atomic E-state index is 12.5. The number of nitrogens with zero attached hydrogens (tertiary/aromatic N) is 3. The largest absolute Gasteiger partial charge is 0.453 e. The predicted molar refractivity (Wildman–Crippen MR) is 65.9 cm³/mol. The summed E-state index contributed by atoms with van der Waals surface area (Å²) in [4.78, 5) is 0. The highest BCUT2D eigenvalue weighted by atomic mass is 32.2. The van der Waals surface area contributed by atoms with Gasteiger partial charge in [0.05, 0.1) is 0 Å². The van der Waals surface area contributed by atoms with Crippen molar-refractivity contribution >= 4 is 11.8 Å². The molecular weight excluding hydrogens is 277 g/mol. The van der Waals surface area contributed by atoms with E-state index in [-0.39, 0.29) is 5.16 Å². The van der Waals surface area contributed by atoms with Crippen molar-refractivity contribution in [2.45, 2.75) is 24.0 Å². The molecule has 8 heteroatoms. The lowest BCUT2D eigenvalue weighted by Crippen LogP contribution is -2.21. The number of benzene rings is 1. The molecule has 0 unspecified atom stereocenters. The fourth-order valence-corrected chi connectivity index (χ4v) is 2.42. The van der Waals surface area contributed by atoms with Crippen LogP contribution >= 0.6 is 11.8 Å². The van der Waals surface area contributed by atoms with Gasteiger partial charge in [0.15, 0.2) is 0 Å². The lowest BCUT2D eigenvalue weighted by Gasteiger charge is -2.07. The second-order valence-electron chi connectivity index (χ2n) is 3.89. The van der Waals surface area contributed by atoms with E-state index in [1.165, 1.54) is 0 Å². The Hall–Kier alpha value is -1.70. The highest BCUT2D eigenvalue weighted by molar-refractivity contribution is 7.98. The first kappa shape index (κ1) is 13.7. The van der Waals surface area contributed by atoms with Gasteiger partial charge in [-0.05, 0) is 18.1 Å². The van der Waals surface area contributed by atoms with Crippen LogP contribution < -0.4 is 5.84 Å². The molecule has 0 amide bonds. The maximum atomic E-state index is 12.5. The zero-order chi connectivity index (χ0) is 14.0. The normalized spacial score (nSPS) is 11.8. The number of hydrogen-bond acceptors (Lipinski definition) is 4. The molecule has 0 aliphatic heterocycles. The van der Waals surface area contributed by atoms with Crippen molar-refractivity contribution in [1.29, 1.82) is 0 Å². The lowest BCUT2D eigenvalue weighted by atomic mass is 10.1. The molecule has 0 atom stereocenters. The summed E-state index contributed by atoms with van der Waals surface area (Å²) in [6, 6.07) is 7.61. The smallest absolute Gasteiger partial charge is 0.335 e.